The molecule has 0 fully saturated rings. The number of anilines is 1. The van der Waals surface area contributed by atoms with Crippen LogP contribution in [0, 0.1) is 0 Å². The normalized spacial score (nSPS) is 12.2. The van der Waals surface area contributed by atoms with Crippen molar-refractivity contribution in [3.05, 3.63) is 29.8 Å². The van der Waals surface area contributed by atoms with Crippen molar-refractivity contribution in [2.45, 2.75) is 68.1 Å². The molecule has 29 heavy (non-hydrogen) atoms. The van der Waals surface area contributed by atoms with E-state index in [2.05, 4.69) is 26.6 Å². The number of benzene rings is 1. The molecule has 0 amide bonds. The quantitative estimate of drug-likeness (QED) is 0.414. The zero-order valence-corrected chi connectivity index (χ0v) is 19.0. The van der Waals surface area contributed by atoms with Crippen molar-refractivity contribution in [3.8, 4) is 0 Å². The molecule has 2 N–H and O–H groups in total. The van der Waals surface area contributed by atoms with E-state index in [0.717, 1.165) is 30.6 Å². The number of nitrogens with zero attached hydrogens (tertiary/aromatic N) is 2. The van der Waals surface area contributed by atoms with Crippen LogP contribution >= 0.6 is 11.3 Å². The first-order chi connectivity index (χ1) is 13.8. The smallest absolute Gasteiger partial charge is 0.253 e. The first-order valence-electron chi connectivity index (χ1n) is 9.74. The third-order valence-corrected chi connectivity index (χ3v) is 7.92. The van der Waals surface area contributed by atoms with Gasteiger partial charge in [-0.3, -0.25) is 4.72 Å². The summed E-state index contributed by atoms with van der Waals surface area (Å²) in [6.45, 7) is 2.56. The van der Waals surface area contributed by atoms with Crippen molar-refractivity contribution in [2.75, 3.05) is 11.3 Å². The van der Waals surface area contributed by atoms with Crippen molar-refractivity contribution >= 4 is 36.5 Å². The molecule has 0 bridgehead atoms. The molecule has 1 aromatic heterocycles. The van der Waals surface area contributed by atoms with Gasteiger partial charge >= 0.3 is 0 Å². The van der Waals surface area contributed by atoms with Gasteiger partial charge in [0, 0.05) is 6.54 Å². The largest absolute Gasteiger partial charge is 0.263 e. The fraction of sp³-hybridized carbons (Fsp3) is 0.556. The number of nitrogens with one attached hydrogen (secondary N) is 2. The van der Waals surface area contributed by atoms with E-state index in [1.165, 1.54) is 61.9 Å². The van der Waals surface area contributed by atoms with Gasteiger partial charge in [-0.2, -0.15) is 0 Å². The predicted octanol–water partition coefficient (Wildman–Crippen LogP) is 3.76. The second kappa shape index (κ2) is 11.6. The Morgan fingerprint density at radius 1 is 0.828 bits per heavy atom. The highest BCUT2D eigenvalue weighted by molar-refractivity contribution is 7.93. The SMILES string of the molecule is CCCCCCCCCCNS(=O)(=O)c1ccc(S(=O)(=O)Nc2nncs2)cc1. The fourth-order valence-corrected chi connectivity index (χ4v) is 5.51. The predicted molar refractivity (Wildman–Crippen MR) is 115 cm³/mol. The molecule has 0 saturated carbocycles. The van der Waals surface area contributed by atoms with Crippen LogP contribution in [-0.4, -0.2) is 33.6 Å². The van der Waals surface area contributed by atoms with Gasteiger partial charge in [0.1, 0.15) is 5.51 Å². The maximum Gasteiger partial charge on any atom is 0.263 e. The zero-order valence-electron chi connectivity index (χ0n) is 16.5. The molecule has 162 valence electrons. The second-order valence-corrected chi connectivity index (χ2v) is 11.0. The number of aromatic nitrogens is 2. The third-order valence-electron chi connectivity index (χ3n) is 4.35. The topological polar surface area (TPSA) is 118 Å². The minimum absolute atomic E-state index is 0.0342. The zero-order chi connectivity index (χ0) is 21.2. The van der Waals surface area contributed by atoms with E-state index in [4.69, 9.17) is 0 Å². The van der Waals surface area contributed by atoms with Crippen LogP contribution in [0.15, 0.2) is 39.6 Å². The van der Waals surface area contributed by atoms with Crippen molar-refractivity contribution in [2.24, 2.45) is 0 Å². The lowest BCUT2D eigenvalue weighted by molar-refractivity contribution is 0.559. The van der Waals surface area contributed by atoms with Crippen molar-refractivity contribution in [3.63, 3.8) is 0 Å². The number of rotatable bonds is 14. The number of sulfonamides is 2. The lowest BCUT2D eigenvalue weighted by Gasteiger charge is -2.08. The van der Waals surface area contributed by atoms with Crippen LogP contribution in [0.25, 0.3) is 0 Å². The average molecular weight is 461 g/mol. The average Bonchev–Trinajstić information content (AvgIpc) is 3.19. The Kier molecular flexibility index (Phi) is 9.47. The highest BCUT2D eigenvalue weighted by Crippen LogP contribution is 2.19. The molecule has 1 heterocycles. The summed E-state index contributed by atoms with van der Waals surface area (Å²) in [7, 11) is -7.50. The van der Waals surface area contributed by atoms with Crippen molar-refractivity contribution in [1.82, 2.24) is 14.9 Å². The number of hydrogen-bond donors (Lipinski definition) is 2. The van der Waals surface area contributed by atoms with E-state index in [-0.39, 0.29) is 14.9 Å². The molecule has 2 aromatic rings. The Bertz CT molecular complexity index is 928. The van der Waals surface area contributed by atoms with Gasteiger partial charge < -0.3 is 0 Å². The van der Waals surface area contributed by atoms with Gasteiger partial charge in [0.05, 0.1) is 9.79 Å². The molecular formula is C18H28N4O4S3. The minimum Gasteiger partial charge on any atom is -0.253 e. The Hall–Kier alpha value is -1.56. The van der Waals surface area contributed by atoms with Gasteiger partial charge in [-0.15, -0.1) is 10.2 Å². The van der Waals surface area contributed by atoms with Crippen LogP contribution < -0.4 is 9.44 Å². The van der Waals surface area contributed by atoms with E-state index in [1.54, 1.807) is 0 Å². The first kappa shape index (κ1) is 23.7. The Labute approximate surface area is 177 Å². The molecule has 0 unspecified atom stereocenters. The van der Waals surface area contributed by atoms with Crippen LogP contribution in [0.5, 0.6) is 0 Å². The second-order valence-electron chi connectivity index (χ2n) is 6.69. The summed E-state index contributed by atoms with van der Waals surface area (Å²) in [4.78, 5) is -0.0124. The molecule has 0 aliphatic heterocycles. The van der Waals surface area contributed by atoms with Crippen LogP contribution in [-0.2, 0) is 20.0 Å². The summed E-state index contributed by atoms with van der Waals surface area (Å²) in [5, 5.41) is 7.34. The number of unbranched alkanes of at least 4 members (excludes halogenated alkanes) is 7. The Morgan fingerprint density at radius 3 is 1.93 bits per heavy atom. The van der Waals surface area contributed by atoms with Crippen LogP contribution in [0.3, 0.4) is 0 Å². The third kappa shape index (κ3) is 8.00. The van der Waals surface area contributed by atoms with Crippen LogP contribution in [0.1, 0.15) is 58.3 Å². The molecular weight excluding hydrogens is 432 g/mol. The van der Waals surface area contributed by atoms with E-state index in [1.807, 2.05) is 0 Å². The molecule has 0 radical (unpaired) electrons. The van der Waals surface area contributed by atoms with Gasteiger partial charge in [0.2, 0.25) is 15.2 Å². The fourth-order valence-electron chi connectivity index (χ4n) is 2.74. The highest BCUT2D eigenvalue weighted by Gasteiger charge is 2.18. The lowest BCUT2D eigenvalue weighted by Crippen LogP contribution is -2.25. The maximum absolute atomic E-state index is 12.4. The first-order valence-corrected chi connectivity index (χ1v) is 13.6. The Balaban J connectivity index is 1.80. The van der Waals surface area contributed by atoms with Crippen molar-refractivity contribution < 1.29 is 16.8 Å². The Morgan fingerprint density at radius 2 is 1.38 bits per heavy atom. The summed E-state index contributed by atoms with van der Waals surface area (Å²) < 4.78 is 54.2. The highest BCUT2D eigenvalue weighted by atomic mass is 32.2. The van der Waals surface area contributed by atoms with E-state index < -0.39 is 20.0 Å². The molecule has 8 nitrogen and oxygen atoms in total. The molecule has 0 aliphatic carbocycles. The molecule has 1 aromatic carbocycles. The molecule has 11 heteroatoms. The molecule has 0 aliphatic rings. The number of hydrogen-bond acceptors (Lipinski definition) is 7. The summed E-state index contributed by atoms with van der Waals surface area (Å²) >= 11 is 1.05. The molecule has 0 spiro atoms. The summed E-state index contributed by atoms with van der Waals surface area (Å²) in [5.74, 6) is 0. The van der Waals surface area contributed by atoms with E-state index in [9.17, 15) is 16.8 Å². The maximum atomic E-state index is 12.4. The monoisotopic (exact) mass is 460 g/mol. The van der Waals surface area contributed by atoms with Crippen LogP contribution in [0.4, 0.5) is 5.13 Å². The summed E-state index contributed by atoms with van der Waals surface area (Å²) in [5.41, 5.74) is 1.41. The molecule has 0 saturated heterocycles. The van der Waals surface area contributed by atoms with E-state index in [0.29, 0.717) is 6.54 Å². The standard InChI is InChI=1S/C18H28N4O4S3/c1-2-3-4-5-6-7-8-9-14-20-28(23,24)16-10-12-17(13-11-16)29(25,26)22-18-21-19-15-27-18/h10-13,15,20H,2-9,14H2,1H3,(H,21,22). The summed E-state index contributed by atoms with van der Waals surface area (Å²) in [6.07, 6.45) is 9.09. The van der Waals surface area contributed by atoms with E-state index >= 15 is 0 Å². The van der Waals surface area contributed by atoms with Gasteiger partial charge in [-0.05, 0) is 30.7 Å². The molecule has 2 rings (SSSR count). The lowest BCUT2D eigenvalue weighted by atomic mass is 10.1. The van der Waals surface area contributed by atoms with Gasteiger partial charge in [0.25, 0.3) is 10.0 Å². The van der Waals surface area contributed by atoms with Gasteiger partial charge in [0.15, 0.2) is 0 Å². The molecule has 0 atom stereocenters. The van der Waals surface area contributed by atoms with Crippen molar-refractivity contribution in [1.29, 1.82) is 0 Å². The van der Waals surface area contributed by atoms with Crippen LogP contribution in [0.2, 0.25) is 0 Å². The minimum atomic E-state index is -3.84. The van der Waals surface area contributed by atoms with Gasteiger partial charge in [-0.25, -0.2) is 21.6 Å². The van der Waals surface area contributed by atoms with Gasteiger partial charge in [-0.1, -0.05) is 63.2 Å². The summed E-state index contributed by atoms with van der Waals surface area (Å²) in [6, 6.07) is 5.08.